The molecule has 1 N–H and O–H groups in total. The Labute approximate surface area is 205 Å². The lowest BCUT2D eigenvalue weighted by atomic mass is 9.98. The van der Waals surface area contributed by atoms with Crippen LogP contribution in [0.3, 0.4) is 0 Å². The van der Waals surface area contributed by atoms with Crippen LogP contribution >= 0.6 is 11.8 Å². The molecular formula is C25H22N6O3S. The predicted octanol–water partition coefficient (Wildman–Crippen LogP) is 3.40. The molecule has 1 unspecified atom stereocenters. The molecule has 1 saturated carbocycles. The zero-order valence-corrected chi connectivity index (χ0v) is 19.8. The van der Waals surface area contributed by atoms with Crippen LogP contribution in [0.1, 0.15) is 25.3 Å². The number of nitrogens with one attached hydrogen (secondary N) is 1. The molecule has 1 fully saturated rings. The fraction of sp³-hybridized carbons (Fsp3) is 0.280. The van der Waals surface area contributed by atoms with E-state index < -0.39 is 5.54 Å². The molecule has 4 aromatic rings. The summed E-state index contributed by atoms with van der Waals surface area (Å²) in [7, 11) is 0. The van der Waals surface area contributed by atoms with E-state index in [1.54, 1.807) is 25.1 Å². The number of thioether (sulfide) groups is 1. The zero-order valence-electron chi connectivity index (χ0n) is 19.0. The average Bonchev–Trinajstić information content (AvgIpc) is 3.64. The van der Waals surface area contributed by atoms with Crippen molar-refractivity contribution in [3.8, 4) is 17.7 Å². The first-order valence-electron chi connectivity index (χ1n) is 11.2. The molecule has 176 valence electrons. The van der Waals surface area contributed by atoms with Gasteiger partial charge in [-0.05, 0) is 37.3 Å². The molecule has 9 nitrogen and oxygen atoms in total. The van der Waals surface area contributed by atoms with Crippen LogP contribution in [-0.4, -0.2) is 37.2 Å². The first-order valence-corrected chi connectivity index (χ1v) is 12.2. The van der Waals surface area contributed by atoms with Crippen molar-refractivity contribution in [2.24, 2.45) is 5.92 Å². The lowest BCUT2D eigenvalue weighted by Gasteiger charge is -2.22. The summed E-state index contributed by atoms with van der Waals surface area (Å²) in [6.07, 6.45) is 1.88. The van der Waals surface area contributed by atoms with Gasteiger partial charge in [0.2, 0.25) is 5.91 Å². The number of nitrogens with zero attached hydrogens (tertiary/aromatic N) is 5. The van der Waals surface area contributed by atoms with E-state index in [1.807, 2.05) is 36.4 Å². The summed E-state index contributed by atoms with van der Waals surface area (Å²) in [5.74, 6) is 0.117. The highest BCUT2D eigenvalue weighted by Crippen LogP contribution is 2.39. The Morgan fingerprint density at radius 1 is 1.17 bits per heavy atom. The summed E-state index contributed by atoms with van der Waals surface area (Å²) in [4.78, 5) is 25.5. The van der Waals surface area contributed by atoms with Gasteiger partial charge in [0.25, 0.3) is 16.7 Å². The molecule has 35 heavy (non-hydrogen) atoms. The second-order valence-electron chi connectivity index (χ2n) is 8.64. The van der Waals surface area contributed by atoms with Gasteiger partial charge in [0, 0.05) is 5.39 Å². The van der Waals surface area contributed by atoms with Crippen LogP contribution in [-0.2, 0) is 11.3 Å². The fourth-order valence-corrected chi connectivity index (χ4v) is 4.52. The number of rotatable bonds is 8. The highest BCUT2D eigenvalue weighted by Gasteiger charge is 2.43. The average molecular weight is 487 g/mol. The number of nitriles is 1. The molecule has 1 amide bonds. The number of benzene rings is 2. The Bertz CT molecular complexity index is 1490. The number of hydrogen-bond donors (Lipinski definition) is 1. The summed E-state index contributed by atoms with van der Waals surface area (Å²) in [5, 5.41) is 26.3. The summed E-state index contributed by atoms with van der Waals surface area (Å²) in [6.45, 7) is 2.05. The van der Waals surface area contributed by atoms with Gasteiger partial charge in [-0.1, -0.05) is 60.3 Å². The minimum Gasteiger partial charge on any atom is -0.409 e. The summed E-state index contributed by atoms with van der Waals surface area (Å²) < 4.78 is 7.19. The van der Waals surface area contributed by atoms with E-state index in [0.29, 0.717) is 23.0 Å². The van der Waals surface area contributed by atoms with Crippen LogP contribution in [0.15, 0.2) is 69.0 Å². The summed E-state index contributed by atoms with van der Waals surface area (Å²) in [6, 6.07) is 18.9. The number of hydrogen-bond acceptors (Lipinski definition) is 8. The molecule has 1 atom stereocenters. The Balaban J connectivity index is 1.38. The number of carbonyl (C=O) groups is 1. The lowest BCUT2D eigenvalue weighted by Crippen LogP contribution is -2.47. The largest absolute Gasteiger partial charge is 0.409 e. The molecule has 0 spiro atoms. The fourth-order valence-electron chi connectivity index (χ4n) is 3.96. The minimum atomic E-state index is -0.854. The van der Waals surface area contributed by atoms with Gasteiger partial charge >= 0.3 is 0 Å². The molecule has 1 aliphatic carbocycles. The smallest absolute Gasteiger partial charge is 0.277 e. The third-order valence-corrected chi connectivity index (χ3v) is 6.82. The van der Waals surface area contributed by atoms with Gasteiger partial charge in [-0.2, -0.15) is 10.4 Å². The number of carbonyl (C=O) groups excluding carboxylic acids is 1. The highest BCUT2D eigenvalue weighted by molar-refractivity contribution is 7.99. The second kappa shape index (κ2) is 9.35. The van der Waals surface area contributed by atoms with E-state index in [9.17, 15) is 14.9 Å². The maximum absolute atomic E-state index is 13.1. The first-order chi connectivity index (χ1) is 17.0. The van der Waals surface area contributed by atoms with Crippen molar-refractivity contribution in [3.05, 3.63) is 70.5 Å². The standard InChI is InChI=1S/C25H22N6O3S/c1-25(15-26,17-11-12-17)27-20(32)14-35-24-29-28-22(34-24)21-18-9-5-6-10-19(18)23(33)31(30-21)13-16-7-3-2-4-8-16/h2-10,17H,11-14H2,1H3,(H,27,32). The van der Waals surface area contributed by atoms with Crippen molar-refractivity contribution < 1.29 is 9.21 Å². The van der Waals surface area contributed by atoms with E-state index in [4.69, 9.17) is 4.42 Å². The van der Waals surface area contributed by atoms with Crippen molar-refractivity contribution >= 4 is 28.4 Å². The van der Waals surface area contributed by atoms with Crippen LogP contribution in [0.5, 0.6) is 0 Å². The monoisotopic (exact) mass is 486 g/mol. The van der Waals surface area contributed by atoms with Gasteiger partial charge in [0.1, 0.15) is 5.54 Å². The van der Waals surface area contributed by atoms with Gasteiger partial charge in [-0.3, -0.25) is 9.59 Å². The third kappa shape index (κ3) is 4.81. The van der Waals surface area contributed by atoms with Crippen molar-refractivity contribution in [2.75, 3.05) is 5.75 Å². The molecule has 2 aromatic heterocycles. The molecular weight excluding hydrogens is 464 g/mol. The molecule has 0 saturated heterocycles. The Hall–Kier alpha value is -3.97. The van der Waals surface area contributed by atoms with E-state index >= 15 is 0 Å². The number of fused-ring (bicyclic) bond motifs is 1. The lowest BCUT2D eigenvalue weighted by molar-refractivity contribution is -0.119. The topological polar surface area (TPSA) is 127 Å². The SMILES string of the molecule is CC(C#N)(NC(=O)CSc1nnc(-c2nn(Cc3ccccc3)c(=O)c3ccccc23)o1)C1CC1. The van der Waals surface area contributed by atoms with Crippen molar-refractivity contribution in [1.82, 2.24) is 25.3 Å². The Morgan fingerprint density at radius 3 is 2.60 bits per heavy atom. The van der Waals surface area contributed by atoms with E-state index in [0.717, 1.165) is 30.2 Å². The van der Waals surface area contributed by atoms with Crippen LogP contribution in [0.2, 0.25) is 0 Å². The third-order valence-electron chi connectivity index (χ3n) is 6.00. The normalized spacial score (nSPS) is 14.9. The van der Waals surface area contributed by atoms with Gasteiger partial charge in [0.15, 0.2) is 5.69 Å². The van der Waals surface area contributed by atoms with Crippen LogP contribution < -0.4 is 10.9 Å². The van der Waals surface area contributed by atoms with E-state index in [-0.39, 0.29) is 34.3 Å². The molecule has 5 rings (SSSR count). The molecule has 0 bridgehead atoms. The summed E-state index contributed by atoms with van der Waals surface area (Å²) in [5.41, 5.74) is 0.264. The minimum absolute atomic E-state index is 0.0350. The predicted molar refractivity (Wildman–Crippen MR) is 130 cm³/mol. The molecule has 0 aliphatic heterocycles. The first kappa shape index (κ1) is 22.8. The number of amides is 1. The van der Waals surface area contributed by atoms with Crippen LogP contribution in [0.4, 0.5) is 0 Å². The highest BCUT2D eigenvalue weighted by atomic mass is 32.2. The van der Waals surface area contributed by atoms with Gasteiger partial charge in [-0.15, -0.1) is 10.2 Å². The van der Waals surface area contributed by atoms with Crippen molar-refractivity contribution in [3.63, 3.8) is 0 Å². The quantitative estimate of drug-likeness (QED) is 0.376. The molecule has 0 radical (unpaired) electrons. The summed E-state index contributed by atoms with van der Waals surface area (Å²) >= 11 is 1.08. The number of aromatic nitrogens is 4. The van der Waals surface area contributed by atoms with Crippen LogP contribution in [0.25, 0.3) is 22.4 Å². The second-order valence-corrected chi connectivity index (χ2v) is 9.57. The van der Waals surface area contributed by atoms with Gasteiger partial charge in [-0.25, -0.2) is 4.68 Å². The van der Waals surface area contributed by atoms with Crippen molar-refractivity contribution in [1.29, 1.82) is 5.26 Å². The van der Waals surface area contributed by atoms with Gasteiger partial charge < -0.3 is 9.73 Å². The zero-order chi connectivity index (χ0) is 24.4. The van der Waals surface area contributed by atoms with E-state index in [1.165, 1.54) is 4.68 Å². The molecule has 2 aromatic carbocycles. The molecule has 1 aliphatic rings. The van der Waals surface area contributed by atoms with Crippen LogP contribution in [0, 0.1) is 17.2 Å². The maximum Gasteiger partial charge on any atom is 0.277 e. The van der Waals surface area contributed by atoms with Gasteiger partial charge in [0.05, 0.1) is 23.8 Å². The Morgan fingerprint density at radius 2 is 1.89 bits per heavy atom. The molecule has 2 heterocycles. The maximum atomic E-state index is 13.1. The van der Waals surface area contributed by atoms with Crippen molar-refractivity contribution in [2.45, 2.75) is 37.1 Å². The molecule has 10 heteroatoms. The Kier molecular flexibility index (Phi) is 6.09. The van der Waals surface area contributed by atoms with E-state index in [2.05, 4.69) is 26.7 Å².